The highest BCUT2D eigenvalue weighted by molar-refractivity contribution is 7.91. The monoisotopic (exact) mass is 264 g/mol. The maximum Gasteiger partial charge on any atom is 0.150 e. The Bertz CT molecular complexity index is 674. The van der Waals surface area contributed by atoms with E-state index >= 15 is 0 Å². The van der Waals surface area contributed by atoms with Gasteiger partial charge in [-0.3, -0.25) is 4.68 Å². The molecule has 0 amide bonds. The van der Waals surface area contributed by atoms with Crippen molar-refractivity contribution in [2.75, 3.05) is 11.5 Å². The molecule has 96 valence electrons. The number of hydrogen-bond donors (Lipinski definition) is 0. The number of nitrogens with zero attached hydrogens (tertiary/aromatic N) is 2. The van der Waals surface area contributed by atoms with Gasteiger partial charge in [0.1, 0.15) is 9.84 Å². The van der Waals surface area contributed by atoms with Crippen LogP contribution in [0.3, 0.4) is 0 Å². The summed E-state index contributed by atoms with van der Waals surface area (Å²) in [4.78, 5) is 0. The Labute approximate surface area is 107 Å². The van der Waals surface area contributed by atoms with Crippen molar-refractivity contribution in [1.82, 2.24) is 9.78 Å². The Morgan fingerprint density at radius 2 is 2.00 bits per heavy atom. The van der Waals surface area contributed by atoms with Gasteiger partial charge in [0.05, 0.1) is 29.3 Å². The van der Waals surface area contributed by atoms with Crippen LogP contribution in [0, 0.1) is 6.92 Å². The van der Waals surface area contributed by atoms with Crippen molar-refractivity contribution in [3.63, 3.8) is 0 Å². The van der Waals surface area contributed by atoms with Gasteiger partial charge in [-0.1, -0.05) is 12.1 Å². The summed E-state index contributed by atoms with van der Waals surface area (Å²) >= 11 is 0. The number of benzene rings is 1. The van der Waals surface area contributed by atoms with Crippen LogP contribution < -0.4 is 0 Å². The third kappa shape index (κ3) is 2.03. The number of fused-ring (bicyclic) bond motifs is 1. The van der Waals surface area contributed by atoms with Gasteiger partial charge in [-0.2, -0.15) is 5.10 Å². The average molecular weight is 264 g/mol. The lowest BCUT2D eigenvalue weighted by Gasteiger charge is -2.23. The van der Waals surface area contributed by atoms with Crippen LogP contribution in [-0.4, -0.2) is 29.7 Å². The van der Waals surface area contributed by atoms with Crippen LogP contribution in [0.2, 0.25) is 0 Å². The standard InChI is InChI=1S/C13H16N2O2S/c1-10-2-3-11-9-14-15(13(11)8-10)12-4-6-18(16,17)7-5-12/h2-3,8-9,12H,4-7H2,1H3. The summed E-state index contributed by atoms with van der Waals surface area (Å²) in [5.41, 5.74) is 2.31. The molecule has 1 aromatic heterocycles. The van der Waals surface area contributed by atoms with Gasteiger partial charge in [0.25, 0.3) is 0 Å². The van der Waals surface area contributed by atoms with E-state index in [9.17, 15) is 8.42 Å². The lowest BCUT2D eigenvalue weighted by atomic mass is 10.1. The fraction of sp³-hybridized carbons (Fsp3) is 0.462. The first-order valence-electron chi connectivity index (χ1n) is 6.19. The van der Waals surface area contributed by atoms with Gasteiger partial charge < -0.3 is 0 Å². The van der Waals surface area contributed by atoms with Crippen molar-refractivity contribution in [1.29, 1.82) is 0 Å². The van der Waals surface area contributed by atoms with E-state index in [2.05, 4.69) is 30.2 Å². The molecule has 2 heterocycles. The number of aromatic nitrogens is 2. The van der Waals surface area contributed by atoms with Gasteiger partial charge in [-0.05, 0) is 31.4 Å². The molecule has 1 aliphatic heterocycles. The topological polar surface area (TPSA) is 52.0 Å². The van der Waals surface area contributed by atoms with Gasteiger partial charge in [-0.25, -0.2) is 8.42 Å². The van der Waals surface area contributed by atoms with Crippen LogP contribution in [0.25, 0.3) is 10.9 Å². The summed E-state index contributed by atoms with van der Waals surface area (Å²) in [6.45, 7) is 2.06. The third-order valence-electron chi connectivity index (χ3n) is 3.62. The van der Waals surface area contributed by atoms with Crippen molar-refractivity contribution in [3.05, 3.63) is 30.0 Å². The lowest BCUT2D eigenvalue weighted by molar-refractivity contribution is 0.424. The molecule has 0 spiro atoms. The number of aryl methyl sites for hydroxylation is 1. The molecule has 3 rings (SSSR count). The van der Waals surface area contributed by atoms with E-state index in [1.54, 1.807) is 0 Å². The van der Waals surface area contributed by atoms with Gasteiger partial charge >= 0.3 is 0 Å². The highest BCUT2D eigenvalue weighted by Crippen LogP contribution is 2.27. The minimum absolute atomic E-state index is 0.216. The number of hydrogen-bond acceptors (Lipinski definition) is 3. The van der Waals surface area contributed by atoms with Crippen LogP contribution in [0.1, 0.15) is 24.4 Å². The smallest absolute Gasteiger partial charge is 0.150 e. The van der Waals surface area contributed by atoms with E-state index in [1.807, 2.05) is 10.9 Å². The van der Waals surface area contributed by atoms with Crippen molar-refractivity contribution in [3.8, 4) is 0 Å². The molecule has 0 saturated carbocycles. The van der Waals surface area contributed by atoms with Crippen LogP contribution in [0.4, 0.5) is 0 Å². The summed E-state index contributed by atoms with van der Waals surface area (Å²) in [6, 6.07) is 6.46. The molecule has 18 heavy (non-hydrogen) atoms. The summed E-state index contributed by atoms with van der Waals surface area (Å²) in [5.74, 6) is 0.565. The van der Waals surface area contributed by atoms with Crippen LogP contribution in [0.5, 0.6) is 0 Å². The van der Waals surface area contributed by atoms with Crippen LogP contribution >= 0.6 is 0 Å². The number of rotatable bonds is 1. The van der Waals surface area contributed by atoms with E-state index < -0.39 is 9.84 Å². The zero-order valence-electron chi connectivity index (χ0n) is 10.3. The molecule has 1 aliphatic rings. The van der Waals surface area contributed by atoms with Crippen molar-refractivity contribution in [2.45, 2.75) is 25.8 Å². The Kier molecular flexibility index (Phi) is 2.66. The largest absolute Gasteiger partial charge is 0.262 e. The fourth-order valence-corrected chi connectivity index (χ4v) is 4.03. The van der Waals surface area contributed by atoms with E-state index in [4.69, 9.17) is 0 Å². The van der Waals surface area contributed by atoms with Crippen LogP contribution in [0.15, 0.2) is 24.4 Å². The quantitative estimate of drug-likeness (QED) is 0.792. The second-order valence-electron chi connectivity index (χ2n) is 5.03. The molecule has 2 aromatic rings. The first-order valence-corrected chi connectivity index (χ1v) is 8.02. The Balaban J connectivity index is 1.98. The molecule has 1 fully saturated rings. The molecule has 1 aromatic carbocycles. The first kappa shape index (κ1) is 11.7. The zero-order chi connectivity index (χ0) is 12.8. The van der Waals surface area contributed by atoms with Crippen molar-refractivity contribution < 1.29 is 8.42 Å². The highest BCUT2D eigenvalue weighted by atomic mass is 32.2. The summed E-state index contributed by atoms with van der Waals surface area (Å²) in [7, 11) is -2.81. The highest BCUT2D eigenvalue weighted by Gasteiger charge is 2.25. The van der Waals surface area contributed by atoms with E-state index in [0.717, 1.165) is 10.9 Å². The van der Waals surface area contributed by atoms with Gasteiger partial charge in [0.2, 0.25) is 0 Å². The second-order valence-corrected chi connectivity index (χ2v) is 7.34. The van der Waals surface area contributed by atoms with Crippen molar-refractivity contribution in [2.24, 2.45) is 0 Å². The predicted octanol–water partition coefficient (Wildman–Crippen LogP) is 2.09. The second kappa shape index (κ2) is 4.09. The third-order valence-corrected chi connectivity index (χ3v) is 5.34. The minimum atomic E-state index is -2.81. The normalized spacial score (nSPS) is 20.3. The average Bonchev–Trinajstić information content (AvgIpc) is 2.72. The molecule has 0 aliphatic carbocycles. The maximum atomic E-state index is 11.5. The summed E-state index contributed by atoms with van der Waals surface area (Å²) in [6.07, 6.45) is 3.21. The molecular weight excluding hydrogens is 248 g/mol. The zero-order valence-corrected chi connectivity index (χ0v) is 11.2. The van der Waals surface area contributed by atoms with Gasteiger partial charge in [0.15, 0.2) is 0 Å². The molecule has 0 N–H and O–H groups in total. The number of sulfone groups is 1. The van der Waals surface area contributed by atoms with E-state index in [1.165, 1.54) is 5.56 Å². The maximum absolute atomic E-state index is 11.5. The predicted molar refractivity (Wildman–Crippen MR) is 71.4 cm³/mol. The molecule has 0 bridgehead atoms. The van der Waals surface area contributed by atoms with Gasteiger partial charge in [-0.15, -0.1) is 0 Å². The summed E-state index contributed by atoms with van der Waals surface area (Å²) in [5, 5.41) is 5.55. The SMILES string of the molecule is Cc1ccc2cnn(C3CCS(=O)(=O)CC3)c2c1. The Morgan fingerprint density at radius 3 is 2.72 bits per heavy atom. The fourth-order valence-electron chi connectivity index (χ4n) is 2.56. The summed E-state index contributed by atoms with van der Waals surface area (Å²) < 4.78 is 24.9. The molecule has 5 heteroatoms. The van der Waals surface area contributed by atoms with E-state index in [-0.39, 0.29) is 17.5 Å². The first-order chi connectivity index (χ1) is 8.55. The van der Waals surface area contributed by atoms with Crippen molar-refractivity contribution >= 4 is 20.7 Å². The molecular formula is C13H16N2O2S. The molecule has 1 saturated heterocycles. The molecule has 0 radical (unpaired) electrons. The Morgan fingerprint density at radius 1 is 1.28 bits per heavy atom. The lowest BCUT2D eigenvalue weighted by Crippen LogP contribution is -2.26. The molecule has 0 atom stereocenters. The molecule has 4 nitrogen and oxygen atoms in total. The molecule has 0 unspecified atom stereocenters. The minimum Gasteiger partial charge on any atom is -0.262 e. The van der Waals surface area contributed by atoms with Gasteiger partial charge in [0, 0.05) is 5.39 Å². The Hall–Kier alpha value is -1.36. The van der Waals surface area contributed by atoms with Crippen LogP contribution in [-0.2, 0) is 9.84 Å². The van der Waals surface area contributed by atoms with E-state index in [0.29, 0.717) is 12.8 Å².